The molecule has 0 atom stereocenters. The van der Waals surface area contributed by atoms with Gasteiger partial charge in [0.05, 0.1) is 0 Å². The number of nitrogens with one attached hydrogen (secondary N) is 1. The van der Waals surface area contributed by atoms with Crippen molar-refractivity contribution in [2.24, 2.45) is 23.5 Å². The molecule has 0 saturated heterocycles. The molecule has 0 radical (unpaired) electrons. The number of carbonyl (C=O) groups excluding carboxylic acids is 1. The summed E-state index contributed by atoms with van der Waals surface area (Å²) < 4.78 is 0. The first-order valence-corrected chi connectivity index (χ1v) is 7.21. The molecule has 0 aliphatic heterocycles. The van der Waals surface area contributed by atoms with E-state index in [0.717, 1.165) is 23.9 Å². The molecule has 0 unspecified atom stereocenters. The van der Waals surface area contributed by atoms with Gasteiger partial charge < -0.3 is 11.1 Å². The first kappa shape index (κ1) is 12.6. The maximum absolute atomic E-state index is 12.0. The summed E-state index contributed by atoms with van der Waals surface area (Å²) in [6, 6.07) is 3.61. The number of pyridine rings is 1. The van der Waals surface area contributed by atoms with Crippen molar-refractivity contribution in [2.75, 3.05) is 6.54 Å². The lowest BCUT2D eigenvalue weighted by Crippen LogP contribution is -2.31. The van der Waals surface area contributed by atoms with Crippen LogP contribution in [0.1, 0.15) is 41.7 Å². The van der Waals surface area contributed by atoms with Gasteiger partial charge in [0.25, 0.3) is 5.91 Å². The molecule has 0 spiro atoms. The number of nitrogens with two attached hydrogens (primary N) is 1. The molecule has 4 nitrogen and oxygen atoms in total. The summed E-state index contributed by atoms with van der Waals surface area (Å²) in [7, 11) is 0. The molecule has 2 saturated carbocycles. The van der Waals surface area contributed by atoms with Crippen LogP contribution in [0.2, 0.25) is 0 Å². The van der Waals surface area contributed by atoms with Crippen LogP contribution in [0.4, 0.5) is 0 Å². The molecule has 2 aliphatic rings. The average molecular weight is 259 g/mol. The molecule has 2 fully saturated rings. The van der Waals surface area contributed by atoms with E-state index < -0.39 is 0 Å². The van der Waals surface area contributed by atoms with E-state index in [1.807, 2.05) is 6.07 Å². The van der Waals surface area contributed by atoms with Crippen molar-refractivity contribution in [2.45, 2.75) is 32.2 Å². The summed E-state index contributed by atoms with van der Waals surface area (Å²) in [5, 5.41) is 3.05. The highest BCUT2D eigenvalue weighted by molar-refractivity contribution is 5.92. The fraction of sp³-hybridized carbons (Fsp3) is 0.600. The number of nitrogens with zero attached hydrogens (tertiary/aromatic N) is 1. The molecular formula is C15H21N3O. The van der Waals surface area contributed by atoms with Gasteiger partial charge in [-0.1, -0.05) is 6.07 Å². The van der Waals surface area contributed by atoms with E-state index >= 15 is 0 Å². The zero-order valence-corrected chi connectivity index (χ0v) is 11.1. The standard InChI is InChI=1S/C15H21N3O/c16-7-10-1-6-14(17-8-10)15(19)18-9-13(11-2-3-11)12-4-5-12/h1,6,8,11-13H,2-5,7,9,16H2,(H,18,19). The van der Waals surface area contributed by atoms with Crippen LogP contribution in [0.15, 0.2) is 18.3 Å². The fourth-order valence-corrected chi connectivity index (χ4v) is 2.75. The summed E-state index contributed by atoms with van der Waals surface area (Å²) >= 11 is 0. The summed E-state index contributed by atoms with van der Waals surface area (Å²) in [6.45, 7) is 1.27. The van der Waals surface area contributed by atoms with Gasteiger partial charge in [0.15, 0.2) is 0 Å². The molecule has 0 aromatic carbocycles. The van der Waals surface area contributed by atoms with Gasteiger partial charge in [-0.3, -0.25) is 9.78 Å². The van der Waals surface area contributed by atoms with Crippen LogP contribution in [-0.2, 0) is 6.54 Å². The van der Waals surface area contributed by atoms with Gasteiger partial charge in [0, 0.05) is 19.3 Å². The molecule has 102 valence electrons. The van der Waals surface area contributed by atoms with Crippen molar-refractivity contribution in [1.82, 2.24) is 10.3 Å². The molecule has 1 amide bonds. The molecule has 0 bridgehead atoms. The van der Waals surface area contributed by atoms with Gasteiger partial charge in [0.1, 0.15) is 5.69 Å². The van der Waals surface area contributed by atoms with E-state index in [2.05, 4.69) is 10.3 Å². The molecular weight excluding hydrogens is 238 g/mol. The largest absolute Gasteiger partial charge is 0.350 e. The maximum Gasteiger partial charge on any atom is 0.269 e. The zero-order chi connectivity index (χ0) is 13.2. The van der Waals surface area contributed by atoms with E-state index in [1.54, 1.807) is 12.3 Å². The number of carbonyl (C=O) groups is 1. The van der Waals surface area contributed by atoms with Crippen molar-refractivity contribution < 1.29 is 4.79 Å². The zero-order valence-electron chi connectivity index (χ0n) is 11.1. The number of hydrogen-bond donors (Lipinski definition) is 2. The van der Waals surface area contributed by atoms with Crippen molar-refractivity contribution in [3.8, 4) is 0 Å². The Bertz CT molecular complexity index is 437. The van der Waals surface area contributed by atoms with Crippen LogP contribution in [-0.4, -0.2) is 17.4 Å². The Kier molecular flexibility index (Phi) is 3.51. The van der Waals surface area contributed by atoms with Gasteiger partial charge in [-0.2, -0.15) is 0 Å². The van der Waals surface area contributed by atoms with Crippen molar-refractivity contribution >= 4 is 5.91 Å². The minimum Gasteiger partial charge on any atom is -0.350 e. The second-order valence-corrected chi connectivity index (χ2v) is 5.80. The molecule has 19 heavy (non-hydrogen) atoms. The third-order valence-electron chi connectivity index (χ3n) is 4.25. The van der Waals surface area contributed by atoms with Crippen molar-refractivity contribution in [3.63, 3.8) is 0 Å². The third kappa shape index (κ3) is 3.13. The van der Waals surface area contributed by atoms with E-state index in [9.17, 15) is 4.79 Å². The minimum atomic E-state index is -0.0603. The Morgan fingerprint density at radius 1 is 1.32 bits per heavy atom. The van der Waals surface area contributed by atoms with E-state index in [1.165, 1.54) is 25.7 Å². The Balaban J connectivity index is 1.54. The molecule has 1 heterocycles. The lowest BCUT2D eigenvalue weighted by atomic mass is 9.98. The minimum absolute atomic E-state index is 0.0603. The monoisotopic (exact) mass is 259 g/mol. The van der Waals surface area contributed by atoms with Gasteiger partial charge in [0.2, 0.25) is 0 Å². The first-order chi connectivity index (χ1) is 9.28. The van der Waals surface area contributed by atoms with Crippen LogP contribution in [0.25, 0.3) is 0 Å². The van der Waals surface area contributed by atoms with Gasteiger partial charge in [-0.05, 0) is 55.1 Å². The predicted molar refractivity (Wildman–Crippen MR) is 73.4 cm³/mol. The van der Waals surface area contributed by atoms with E-state index in [4.69, 9.17) is 5.73 Å². The SMILES string of the molecule is NCc1ccc(C(=O)NCC(C2CC2)C2CC2)nc1. The van der Waals surface area contributed by atoms with E-state index in [-0.39, 0.29) is 5.91 Å². The Labute approximate surface area is 113 Å². The van der Waals surface area contributed by atoms with Gasteiger partial charge >= 0.3 is 0 Å². The number of aromatic nitrogens is 1. The molecule has 4 heteroatoms. The highest BCUT2D eigenvalue weighted by Crippen LogP contribution is 2.48. The van der Waals surface area contributed by atoms with Gasteiger partial charge in [-0.25, -0.2) is 0 Å². The second kappa shape index (κ2) is 5.29. The molecule has 3 N–H and O–H groups in total. The third-order valence-corrected chi connectivity index (χ3v) is 4.25. The summed E-state index contributed by atoms with van der Waals surface area (Å²) in [4.78, 5) is 16.2. The number of amides is 1. The first-order valence-electron chi connectivity index (χ1n) is 7.21. The highest BCUT2D eigenvalue weighted by atomic mass is 16.1. The topological polar surface area (TPSA) is 68.0 Å². The Hall–Kier alpha value is -1.42. The van der Waals surface area contributed by atoms with Crippen LogP contribution in [0.5, 0.6) is 0 Å². The predicted octanol–water partition coefficient (Wildman–Crippen LogP) is 1.71. The van der Waals surface area contributed by atoms with E-state index in [0.29, 0.717) is 18.2 Å². The molecule has 1 aromatic rings. The summed E-state index contributed by atoms with van der Waals surface area (Å²) in [6.07, 6.45) is 7.07. The average Bonchev–Trinajstić information content (AvgIpc) is 3.31. The smallest absolute Gasteiger partial charge is 0.269 e. The lowest BCUT2D eigenvalue weighted by molar-refractivity contribution is 0.0938. The van der Waals surface area contributed by atoms with Gasteiger partial charge in [-0.15, -0.1) is 0 Å². The summed E-state index contributed by atoms with van der Waals surface area (Å²) in [5.74, 6) is 2.36. The lowest BCUT2D eigenvalue weighted by Gasteiger charge is -2.16. The Morgan fingerprint density at radius 3 is 2.47 bits per heavy atom. The summed E-state index contributed by atoms with van der Waals surface area (Å²) in [5.41, 5.74) is 6.95. The number of hydrogen-bond acceptors (Lipinski definition) is 3. The van der Waals surface area contributed by atoms with Crippen LogP contribution >= 0.6 is 0 Å². The molecule has 2 aliphatic carbocycles. The quantitative estimate of drug-likeness (QED) is 0.817. The molecule has 1 aromatic heterocycles. The normalized spacial score (nSPS) is 18.6. The van der Waals surface area contributed by atoms with Crippen LogP contribution in [0, 0.1) is 17.8 Å². The number of rotatable bonds is 6. The van der Waals surface area contributed by atoms with Crippen molar-refractivity contribution in [1.29, 1.82) is 0 Å². The second-order valence-electron chi connectivity index (χ2n) is 5.80. The molecule has 3 rings (SSSR count). The fourth-order valence-electron chi connectivity index (χ4n) is 2.75. The maximum atomic E-state index is 12.0. The van der Waals surface area contributed by atoms with Crippen LogP contribution in [0.3, 0.4) is 0 Å². The van der Waals surface area contributed by atoms with Crippen LogP contribution < -0.4 is 11.1 Å². The Morgan fingerprint density at radius 2 is 2.00 bits per heavy atom. The van der Waals surface area contributed by atoms with Crippen molar-refractivity contribution in [3.05, 3.63) is 29.6 Å². The highest BCUT2D eigenvalue weighted by Gasteiger charge is 2.41.